The maximum atomic E-state index is 13.1. The summed E-state index contributed by atoms with van der Waals surface area (Å²) < 4.78 is 14.1. The molecule has 1 fully saturated rings. The summed E-state index contributed by atoms with van der Waals surface area (Å²) in [5, 5.41) is 3.55. The van der Waals surface area contributed by atoms with Gasteiger partial charge in [-0.1, -0.05) is 28.8 Å². The smallest absolute Gasteiger partial charge is 0.123 e. The van der Waals surface area contributed by atoms with Crippen LogP contribution in [0.25, 0.3) is 0 Å². The van der Waals surface area contributed by atoms with E-state index in [9.17, 15) is 4.39 Å². The molecular formula is C13H17BrFN. The summed E-state index contributed by atoms with van der Waals surface area (Å²) in [5.74, 6) is -0.170. The van der Waals surface area contributed by atoms with E-state index in [0.29, 0.717) is 0 Å². The van der Waals surface area contributed by atoms with Crippen molar-refractivity contribution < 1.29 is 4.39 Å². The third-order valence-electron chi connectivity index (χ3n) is 3.42. The molecule has 1 aromatic carbocycles. The van der Waals surface area contributed by atoms with Gasteiger partial charge in [0.05, 0.1) is 0 Å². The molecular weight excluding hydrogens is 269 g/mol. The number of halogens is 2. The van der Waals surface area contributed by atoms with Crippen LogP contribution in [0.2, 0.25) is 0 Å². The highest BCUT2D eigenvalue weighted by Crippen LogP contribution is 2.29. The summed E-state index contributed by atoms with van der Waals surface area (Å²) in [6.07, 6.45) is 5.04. The zero-order chi connectivity index (χ0) is 11.6. The van der Waals surface area contributed by atoms with Gasteiger partial charge in [-0.25, -0.2) is 4.39 Å². The van der Waals surface area contributed by atoms with E-state index < -0.39 is 0 Å². The quantitative estimate of drug-likeness (QED) is 0.885. The summed E-state index contributed by atoms with van der Waals surface area (Å²) in [6.45, 7) is 2.99. The minimum Gasteiger partial charge on any atom is -0.307 e. The van der Waals surface area contributed by atoms with Crippen LogP contribution in [-0.4, -0.2) is 5.54 Å². The molecule has 1 N–H and O–H groups in total. The van der Waals surface area contributed by atoms with E-state index in [4.69, 9.17) is 0 Å². The topological polar surface area (TPSA) is 12.0 Å². The number of rotatable bonds is 3. The molecule has 0 radical (unpaired) electrons. The van der Waals surface area contributed by atoms with Crippen LogP contribution in [0.3, 0.4) is 0 Å². The zero-order valence-corrected chi connectivity index (χ0v) is 11.1. The first-order valence-electron chi connectivity index (χ1n) is 5.78. The molecule has 1 aliphatic carbocycles. The summed E-state index contributed by atoms with van der Waals surface area (Å²) >= 11 is 3.45. The van der Waals surface area contributed by atoms with E-state index >= 15 is 0 Å². The van der Waals surface area contributed by atoms with Crippen LogP contribution in [0.15, 0.2) is 22.7 Å². The van der Waals surface area contributed by atoms with Crippen molar-refractivity contribution in [2.75, 3.05) is 0 Å². The van der Waals surface area contributed by atoms with Gasteiger partial charge in [0.25, 0.3) is 0 Å². The van der Waals surface area contributed by atoms with Crippen LogP contribution in [0, 0.1) is 5.82 Å². The fraction of sp³-hybridized carbons (Fsp3) is 0.538. The second-order valence-corrected chi connectivity index (χ2v) is 5.71. The van der Waals surface area contributed by atoms with Crippen LogP contribution in [0.1, 0.15) is 38.2 Å². The molecule has 0 bridgehead atoms. The second-order valence-electron chi connectivity index (χ2n) is 4.86. The largest absolute Gasteiger partial charge is 0.307 e. The Hall–Kier alpha value is -0.410. The third kappa shape index (κ3) is 2.83. The maximum Gasteiger partial charge on any atom is 0.123 e. The van der Waals surface area contributed by atoms with Gasteiger partial charge in [-0.2, -0.15) is 0 Å². The van der Waals surface area contributed by atoms with Gasteiger partial charge in [0.2, 0.25) is 0 Å². The molecule has 0 saturated heterocycles. The van der Waals surface area contributed by atoms with E-state index in [1.54, 1.807) is 12.1 Å². The van der Waals surface area contributed by atoms with Crippen molar-refractivity contribution in [2.24, 2.45) is 0 Å². The third-order valence-corrected chi connectivity index (χ3v) is 4.19. The van der Waals surface area contributed by atoms with E-state index in [2.05, 4.69) is 28.2 Å². The first-order chi connectivity index (χ1) is 7.59. The molecule has 3 heteroatoms. The fourth-order valence-corrected chi connectivity index (χ4v) is 2.71. The van der Waals surface area contributed by atoms with Gasteiger partial charge in [0.1, 0.15) is 5.82 Å². The average molecular weight is 286 g/mol. The molecule has 0 atom stereocenters. The minimum atomic E-state index is -0.170. The van der Waals surface area contributed by atoms with Crippen molar-refractivity contribution in [1.82, 2.24) is 5.32 Å². The molecule has 0 spiro atoms. The molecule has 88 valence electrons. The maximum absolute atomic E-state index is 13.1. The van der Waals surface area contributed by atoms with Crippen molar-refractivity contribution in [3.05, 3.63) is 34.1 Å². The minimum absolute atomic E-state index is 0.170. The van der Waals surface area contributed by atoms with Gasteiger partial charge in [0.15, 0.2) is 0 Å². The van der Waals surface area contributed by atoms with Crippen molar-refractivity contribution in [3.63, 3.8) is 0 Å². The Morgan fingerprint density at radius 1 is 1.38 bits per heavy atom. The molecule has 1 saturated carbocycles. The first-order valence-corrected chi connectivity index (χ1v) is 6.57. The van der Waals surface area contributed by atoms with Crippen molar-refractivity contribution in [1.29, 1.82) is 0 Å². The highest BCUT2D eigenvalue weighted by atomic mass is 79.9. The van der Waals surface area contributed by atoms with Crippen LogP contribution < -0.4 is 5.32 Å². The number of benzene rings is 1. The van der Waals surface area contributed by atoms with E-state index in [-0.39, 0.29) is 11.4 Å². The number of hydrogen-bond acceptors (Lipinski definition) is 1. The Kier molecular flexibility index (Phi) is 3.65. The molecule has 0 aromatic heterocycles. The molecule has 1 nitrogen and oxygen atoms in total. The lowest BCUT2D eigenvalue weighted by atomic mass is 10.0. The predicted molar refractivity (Wildman–Crippen MR) is 67.8 cm³/mol. The van der Waals surface area contributed by atoms with Crippen LogP contribution >= 0.6 is 15.9 Å². The molecule has 0 amide bonds. The van der Waals surface area contributed by atoms with E-state index in [1.165, 1.54) is 31.7 Å². The van der Waals surface area contributed by atoms with Crippen LogP contribution in [0.5, 0.6) is 0 Å². The molecule has 0 unspecified atom stereocenters. The zero-order valence-electron chi connectivity index (χ0n) is 9.52. The summed E-state index contributed by atoms with van der Waals surface area (Å²) in [6, 6.07) is 4.84. The van der Waals surface area contributed by atoms with Gasteiger partial charge >= 0.3 is 0 Å². The Bertz CT molecular complexity index is 372. The summed E-state index contributed by atoms with van der Waals surface area (Å²) in [4.78, 5) is 0. The average Bonchev–Trinajstić information content (AvgIpc) is 2.67. The Morgan fingerprint density at radius 2 is 2.06 bits per heavy atom. The van der Waals surface area contributed by atoms with Crippen molar-refractivity contribution in [2.45, 2.75) is 44.7 Å². The van der Waals surface area contributed by atoms with Crippen LogP contribution in [0.4, 0.5) is 4.39 Å². The van der Waals surface area contributed by atoms with E-state index in [0.717, 1.165) is 16.6 Å². The van der Waals surface area contributed by atoms with Crippen LogP contribution in [-0.2, 0) is 6.54 Å². The van der Waals surface area contributed by atoms with Gasteiger partial charge < -0.3 is 5.32 Å². The SMILES string of the molecule is CC1(NCc2cc(F)ccc2Br)CCCC1. The highest BCUT2D eigenvalue weighted by molar-refractivity contribution is 9.10. The lowest BCUT2D eigenvalue weighted by Gasteiger charge is -2.25. The first kappa shape index (κ1) is 12.1. The van der Waals surface area contributed by atoms with Gasteiger partial charge in [-0.05, 0) is 43.5 Å². The molecule has 16 heavy (non-hydrogen) atoms. The lowest BCUT2D eigenvalue weighted by molar-refractivity contribution is 0.362. The summed E-state index contributed by atoms with van der Waals surface area (Å²) in [5.41, 5.74) is 1.24. The number of hydrogen-bond donors (Lipinski definition) is 1. The van der Waals surface area contributed by atoms with Crippen molar-refractivity contribution >= 4 is 15.9 Å². The molecule has 1 aromatic rings. The number of nitrogens with one attached hydrogen (secondary N) is 1. The molecule has 0 aliphatic heterocycles. The normalized spacial score (nSPS) is 18.9. The Labute approximate surface area is 105 Å². The molecule has 1 aliphatic rings. The fourth-order valence-electron chi connectivity index (χ4n) is 2.32. The Balaban J connectivity index is 2.01. The summed E-state index contributed by atoms with van der Waals surface area (Å²) in [7, 11) is 0. The van der Waals surface area contributed by atoms with Gasteiger partial charge in [-0.15, -0.1) is 0 Å². The Morgan fingerprint density at radius 3 is 2.75 bits per heavy atom. The highest BCUT2D eigenvalue weighted by Gasteiger charge is 2.27. The standard InChI is InChI=1S/C13H17BrFN/c1-13(6-2-3-7-13)16-9-10-8-11(15)4-5-12(10)14/h4-5,8,16H,2-3,6-7,9H2,1H3. The van der Waals surface area contributed by atoms with Crippen molar-refractivity contribution in [3.8, 4) is 0 Å². The van der Waals surface area contributed by atoms with Gasteiger partial charge in [0, 0.05) is 16.6 Å². The lowest BCUT2D eigenvalue weighted by Crippen LogP contribution is -2.38. The van der Waals surface area contributed by atoms with Gasteiger partial charge in [-0.3, -0.25) is 0 Å². The molecule has 0 heterocycles. The predicted octanol–water partition coefficient (Wildman–Crippen LogP) is 4.01. The second kappa shape index (κ2) is 4.84. The monoisotopic (exact) mass is 285 g/mol. The molecule has 2 rings (SSSR count). The van der Waals surface area contributed by atoms with E-state index in [1.807, 2.05) is 0 Å².